The molecule has 0 nitrogen and oxygen atoms in total. The standard InChI is InChI=1S/C15H20/c1-4-6-7-11-14(5-2)15-12-9-8-10-13(15)3/h4,8-12H,1,5-7H2,2-3H3. The molecule has 1 aromatic carbocycles. The maximum Gasteiger partial charge on any atom is -0.0199 e. The van der Waals surface area contributed by atoms with E-state index in [9.17, 15) is 0 Å². The maximum atomic E-state index is 3.74. The molecule has 0 fully saturated rings. The van der Waals surface area contributed by atoms with E-state index in [2.05, 4.69) is 50.8 Å². The molecule has 0 atom stereocenters. The minimum absolute atomic E-state index is 1.06. The Bertz CT molecular complexity index is 345. The van der Waals surface area contributed by atoms with Crippen molar-refractivity contribution in [3.63, 3.8) is 0 Å². The minimum atomic E-state index is 1.06. The first-order valence-corrected chi connectivity index (χ1v) is 5.65. The zero-order chi connectivity index (χ0) is 11.1. The van der Waals surface area contributed by atoms with Crippen molar-refractivity contribution in [3.8, 4) is 0 Å². The third kappa shape index (κ3) is 3.39. The first-order chi connectivity index (χ1) is 7.29. The SMILES string of the molecule is C=CCCC=C(CC)c1ccccc1C. The Kier molecular flexibility index (Phi) is 4.89. The van der Waals surface area contributed by atoms with Crippen molar-refractivity contribution < 1.29 is 0 Å². The molecular weight excluding hydrogens is 180 g/mol. The Hall–Kier alpha value is -1.30. The van der Waals surface area contributed by atoms with Gasteiger partial charge in [-0.15, -0.1) is 6.58 Å². The summed E-state index contributed by atoms with van der Waals surface area (Å²) in [5.74, 6) is 0. The highest BCUT2D eigenvalue weighted by molar-refractivity contribution is 5.67. The van der Waals surface area contributed by atoms with Crippen molar-refractivity contribution in [2.24, 2.45) is 0 Å². The fraction of sp³-hybridized carbons (Fsp3) is 0.333. The molecule has 0 saturated heterocycles. The second kappa shape index (κ2) is 6.23. The lowest BCUT2D eigenvalue weighted by atomic mass is 9.97. The average Bonchev–Trinajstić information content (AvgIpc) is 2.26. The quantitative estimate of drug-likeness (QED) is 0.475. The van der Waals surface area contributed by atoms with Gasteiger partial charge in [-0.05, 0) is 42.9 Å². The number of benzene rings is 1. The van der Waals surface area contributed by atoms with Crippen LogP contribution in [0.1, 0.15) is 37.3 Å². The van der Waals surface area contributed by atoms with Crippen LogP contribution in [-0.2, 0) is 0 Å². The van der Waals surface area contributed by atoms with E-state index in [4.69, 9.17) is 0 Å². The van der Waals surface area contributed by atoms with Gasteiger partial charge >= 0.3 is 0 Å². The van der Waals surface area contributed by atoms with Crippen molar-refractivity contribution in [1.82, 2.24) is 0 Å². The third-order valence-electron chi connectivity index (χ3n) is 2.63. The Labute approximate surface area is 93.3 Å². The molecule has 0 aliphatic heterocycles. The van der Waals surface area contributed by atoms with Gasteiger partial charge in [-0.1, -0.05) is 43.3 Å². The van der Waals surface area contributed by atoms with Gasteiger partial charge in [0.2, 0.25) is 0 Å². The summed E-state index contributed by atoms with van der Waals surface area (Å²) in [7, 11) is 0. The summed E-state index contributed by atoms with van der Waals surface area (Å²) in [6.07, 6.45) is 7.57. The summed E-state index contributed by atoms with van der Waals surface area (Å²) in [6.45, 7) is 8.13. The van der Waals surface area contributed by atoms with Crippen molar-refractivity contribution >= 4 is 5.57 Å². The third-order valence-corrected chi connectivity index (χ3v) is 2.63. The molecule has 80 valence electrons. The van der Waals surface area contributed by atoms with E-state index in [-0.39, 0.29) is 0 Å². The summed E-state index contributed by atoms with van der Waals surface area (Å²) in [5, 5.41) is 0. The number of allylic oxidation sites excluding steroid dienone is 3. The lowest BCUT2D eigenvalue weighted by Gasteiger charge is -2.08. The predicted octanol–water partition coefficient (Wildman–Crippen LogP) is 4.75. The van der Waals surface area contributed by atoms with Gasteiger partial charge in [-0.3, -0.25) is 0 Å². The molecule has 0 unspecified atom stereocenters. The number of hydrogen-bond donors (Lipinski definition) is 0. The Balaban J connectivity index is 2.87. The maximum absolute atomic E-state index is 3.74. The van der Waals surface area contributed by atoms with E-state index in [1.165, 1.54) is 16.7 Å². The molecule has 0 radical (unpaired) electrons. The van der Waals surface area contributed by atoms with Crippen LogP contribution in [0.5, 0.6) is 0 Å². The van der Waals surface area contributed by atoms with Crippen LogP contribution in [0.15, 0.2) is 43.0 Å². The van der Waals surface area contributed by atoms with E-state index in [0.717, 1.165) is 19.3 Å². The Morgan fingerprint density at radius 2 is 2.00 bits per heavy atom. The van der Waals surface area contributed by atoms with Crippen molar-refractivity contribution in [2.75, 3.05) is 0 Å². The van der Waals surface area contributed by atoms with Crippen LogP contribution in [-0.4, -0.2) is 0 Å². The first-order valence-electron chi connectivity index (χ1n) is 5.65. The van der Waals surface area contributed by atoms with Crippen LogP contribution in [0.4, 0.5) is 0 Å². The van der Waals surface area contributed by atoms with E-state index in [0.29, 0.717) is 0 Å². The molecule has 0 heterocycles. The van der Waals surface area contributed by atoms with Crippen LogP contribution < -0.4 is 0 Å². The molecule has 0 saturated carbocycles. The monoisotopic (exact) mass is 200 g/mol. The highest BCUT2D eigenvalue weighted by Gasteiger charge is 2.01. The van der Waals surface area contributed by atoms with E-state index < -0.39 is 0 Å². The summed E-state index contributed by atoms with van der Waals surface area (Å²) >= 11 is 0. The van der Waals surface area contributed by atoms with Gasteiger partial charge in [-0.25, -0.2) is 0 Å². The van der Waals surface area contributed by atoms with Gasteiger partial charge in [0.15, 0.2) is 0 Å². The second-order valence-corrected chi connectivity index (χ2v) is 3.76. The van der Waals surface area contributed by atoms with Crippen LogP contribution in [0.3, 0.4) is 0 Å². The van der Waals surface area contributed by atoms with E-state index in [1.54, 1.807) is 0 Å². The van der Waals surface area contributed by atoms with Gasteiger partial charge in [0.05, 0.1) is 0 Å². The van der Waals surface area contributed by atoms with Crippen LogP contribution in [0.25, 0.3) is 5.57 Å². The lowest BCUT2D eigenvalue weighted by molar-refractivity contribution is 1.04. The normalized spacial score (nSPS) is 11.5. The summed E-state index contributed by atoms with van der Waals surface area (Å²) in [6, 6.07) is 8.58. The van der Waals surface area contributed by atoms with Crippen LogP contribution >= 0.6 is 0 Å². The molecule has 0 heteroatoms. The molecule has 0 amide bonds. The fourth-order valence-electron chi connectivity index (χ4n) is 1.75. The van der Waals surface area contributed by atoms with Gasteiger partial charge in [0.1, 0.15) is 0 Å². The van der Waals surface area contributed by atoms with Crippen molar-refractivity contribution in [2.45, 2.75) is 33.1 Å². The second-order valence-electron chi connectivity index (χ2n) is 3.76. The summed E-state index contributed by atoms with van der Waals surface area (Å²) in [5.41, 5.74) is 4.21. The molecule has 0 spiro atoms. The molecule has 0 aliphatic rings. The molecule has 1 aromatic rings. The Morgan fingerprint density at radius 3 is 2.60 bits per heavy atom. The number of rotatable bonds is 5. The molecule has 1 rings (SSSR count). The number of hydrogen-bond acceptors (Lipinski definition) is 0. The summed E-state index contributed by atoms with van der Waals surface area (Å²) in [4.78, 5) is 0. The number of unbranched alkanes of at least 4 members (excludes halogenated alkanes) is 1. The zero-order valence-electron chi connectivity index (χ0n) is 9.79. The smallest absolute Gasteiger partial charge is 0.0199 e. The first kappa shape index (κ1) is 11.8. The highest BCUT2D eigenvalue weighted by atomic mass is 14.1. The van der Waals surface area contributed by atoms with Crippen molar-refractivity contribution in [3.05, 3.63) is 54.1 Å². The average molecular weight is 200 g/mol. The molecule has 0 aromatic heterocycles. The predicted molar refractivity (Wildman–Crippen MR) is 68.9 cm³/mol. The van der Waals surface area contributed by atoms with E-state index in [1.807, 2.05) is 6.08 Å². The van der Waals surface area contributed by atoms with Gasteiger partial charge < -0.3 is 0 Å². The zero-order valence-corrected chi connectivity index (χ0v) is 9.79. The molecule has 15 heavy (non-hydrogen) atoms. The lowest BCUT2D eigenvalue weighted by Crippen LogP contribution is -1.87. The van der Waals surface area contributed by atoms with Crippen LogP contribution in [0, 0.1) is 6.92 Å². The topological polar surface area (TPSA) is 0 Å². The molecule has 0 N–H and O–H groups in total. The molecular formula is C15H20. The van der Waals surface area contributed by atoms with Gasteiger partial charge in [0, 0.05) is 0 Å². The fourth-order valence-corrected chi connectivity index (χ4v) is 1.75. The molecule has 0 aliphatic carbocycles. The highest BCUT2D eigenvalue weighted by Crippen LogP contribution is 2.22. The summed E-state index contributed by atoms with van der Waals surface area (Å²) < 4.78 is 0. The van der Waals surface area contributed by atoms with Crippen molar-refractivity contribution in [1.29, 1.82) is 0 Å². The largest absolute Gasteiger partial charge is 0.103 e. The van der Waals surface area contributed by atoms with E-state index >= 15 is 0 Å². The minimum Gasteiger partial charge on any atom is -0.103 e. The van der Waals surface area contributed by atoms with Gasteiger partial charge in [0.25, 0.3) is 0 Å². The number of aryl methyl sites for hydroxylation is 1. The van der Waals surface area contributed by atoms with Gasteiger partial charge in [-0.2, -0.15) is 0 Å². The Morgan fingerprint density at radius 1 is 1.27 bits per heavy atom. The van der Waals surface area contributed by atoms with Crippen LogP contribution in [0.2, 0.25) is 0 Å². The molecule has 0 bridgehead atoms.